The molecule has 2 aliphatic carbocycles. The molecule has 1 atom stereocenters. The van der Waals surface area contributed by atoms with Gasteiger partial charge >= 0.3 is 0 Å². The fourth-order valence-corrected chi connectivity index (χ4v) is 2.78. The van der Waals surface area contributed by atoms with Gasteiger partial charge in [-0.25, -0.2) is 0 Å². The van der Waals surface area contributed by atoms with Crippen molar-refractivity contribution in [2.45, 2.75) is 64.8 Å². The molecule has 2 rings (SSSR count). The lowest BCUT2D eigenvalue weighted by atomic mass is 9.78. The number of hydrogen-bond donors (Lipinski definition) is 1. The van der Waals surface area contributed by atoms with Crippen LogP contribution in [0.15, 0.2) is 0 Å². The zero-order valence-corrected chi connectivity index (χ0v) is 9.10. The first-order valence-electron chi connectivity index (χ1n) is 5.80. The van der Waals surface area contributed by atoms with Crippen molar-refractivity contribution < 1.29 is 0 Å². The summed E-state index contributed by atoms with van der Waals surface area (Å²) in [6, 6.07) is 0.468. The van der Waals surface area contributed by atoms with E-state index in [0.717, 1.165) is 0 Å². The smallest absolute Gasteiger partial charge is 0.00981 e. The zero-order chi connectivity index (χ0) is 9.53. The highest BCUT2D eigenvalue weighted by Crippen LogP contribution is 2.52. The van der Waals surface area contributed by atoms with Gasteiger partial charge in [0.05, 0.1) is 0 Å². The van der Waals surface area contributed by atoms with E-state index >= 15 is 0 Å². The molecule has 1 nitrogen and oxygen atoms in total. The molecule has 0 saturated heterocycles. The van der Waals surface area contributed by atoms with Gasteiger partial charge in [0.15, 0.2) is 0 Å². The highest BCUT2D eigenvalue weighted by molar-refractivity contribution is 5.00. The molecule has 2 aliphatic rings. The first-order valence-corrected chi connectivity index (χ1v) is 5.80. The van der Waals surface area contributed by atoms with Crippen LogP contribution in [0, 0.1) is 10.8 Å². The Kier molecular flexibility index (Phi) is 2.18. The third-order valence-electron chi connectivity index (χ3n) is 4.46. The van der Waals surface area contributed by atoms with Gasteiger partial charge in [-0.3, -0.25) is 0 Å². The molecule has 13 heavy (non-hydrogen) atoms. The quantitative estimate of drug-likeness (QED) is 0.711. The molecule has 76 valence electrons. The maximum atomic E-state index is 6.28. The topological polar surface area (TPSA) is 26.0 Å². The van der Waals surface area contributed by atoms with Crippen molar-refractivity contribution in [2.75, 3.05) is 0 Å². The molecule has 2 saturated carbocycles. The Balaban J connectivity index is 1.89. The van der Waals surface area contributed by atoms with Crippen molar-refractivity contribution in [3.05, 3.63) is 0 Å². The second-order valence-corrected chi connectivity index (χ2v) is 5.98. The second kappa shape index (κ2) is 2.98. The van der Waals surface area contributed by atoms with E-state index in [4.69, 9.17) is 5.73 Å². The van der Waals surface area contributed by atoms with Crippen LogP contribution in [-0.4, -0.2) is 6.04 Å². The molecular formula is C12H23N. The van der Waals surface area contributed by atoms with Gasteiger partial charge in [0.25, 0.3) is 0 Å². The number of rotatable bonds is 3. The molecule has 0 spiro atoms. The van der Waals surface area contributed by atoms with Crippen molar-refractivity contribution in [1.82, 2.24) is 0 Å². The summed E-state index contributed by atoms with van der Waals surface area (Å²) in [5.74, 6) is 0. The minimum absolute atomic E-state index is 0.468. The summed E-state index contributed by atoms with van der Waals surface area (Å²) in [5, 5.41) is 0. The summed E-state index contributed by atoms with van der Waals surface area (Å²) in [5.41, 5.74) is 7.39. The van der Waals surface area contributed by atoms with Crippen molar-refractivity contribution in [3.8, 4) is 0 Å². The average molecular weight is 181 g/mol. The van der Waals surface area contributed by atoms with Crippen LogP contribution >= 0.6 is 0 Å². The highest BCUT2D eigenvalue weighted by atomic mass is 14.7. The van der Waals surface area contributed by atoms with Crippen LogP contribution in [0.5, 0.6) is 0 Å². The van der Waals surface area contributed by atoms with Gasteiger partial charge in [-0.2, -0.15) is 0 Å². The maximum absolute atomic E-state index is 6.28. The van der Waals surface area contributed by atoms with Crippen molar-refractivity contribution in [2.24, 2.45) is 16.6 Å². The molecule has 0 amide bonds. The first kappa shape index (κ1) is 9.51. The molecule has 0 aromatic heterocycles. The fraction of sp³-hybridized carbons (Fsp3) is 1.00. The Morgan fingerprint density at radius 2 is 1.62 bits per heavy atom. The largest absolute Gasteiger partial charge is 0.327 e. The minimum Gasteiger partial charge on any atom is -0.327 e. The summed E-state index contributed by atoms with van der Waals surface area (Å²) in [4.78, 5) is 0. The Morgan fingerprint density at radius 3 is 2.08 bits per heavy atom. The Labute approximate surface area is 82.1 Å². The van der Waals surface area contributed by atoms with E-state index in [9.17, 15) is 0 Å². The molecular weight excluding hydrogens is 158 g/mol. The average Bonchev–Trinajstić information content (AvgIpc) is 2.67. The summed E-state index contributed by atoms with van der Waals surface area (Å²) in [6.07, 6.45) is 9.69. The standard InChI is InChI=1S/C12H23N/c1-11(5-3-4-6-11)9-10(13)12(2)7-8-12/h10H,3-9,13H2,1-2H3. The van der Waals surface area contributed by atoms with E-state index < -0.39 is 0 Å². The molecule has 0 aliphatic heterocycles. The van der Waals surface area contributed by atoms with E-state index in [1.807, 2.05) is 0 Å². The van der Waals surface area contributed by atoms with Gasteiger partial charge < -0.3 is 5.73 Å². The monoisotopic (exact) mass is 181 g/mol. The molecule has 0 bridgehead atoms. The van der Waals surface area contributed by atoms with Crippen molar-refractivity contribution >= 4 is 0 Å². The third kappa shape index (κ3) is 1.90. The van der Waals surface area contributed by atoms with Crippen LogP contribution in [0.1, 0.15) is 58.8 Å². The molecule has 1 heteroatoms. The number of nitrogens with two attached hydrogens (primary N) is 1. The Bertz CT molecular complexity index is 187. The highest BCUT2D eigenvalue weighted by Gasteiger charge is 2.45. The first-order chi connectivity index (χ1) is 6.04. The second-order valence-electron chi connectivity index (χ2n) is 5.98. The van der Waals surface area contributed by atoms with Gasteiger partial charge in [-0.15, -0.1) is 0 Å². The molecule has 0 heterocycles. The van der Waals surface area contributed by atoms with Gasteiger partial charge in [-0.05, 0) is 42.9 Å². The van der Waals surface area contributed by atoms with E-state index in [0.29, 0.717) is 16.9 Å². The van der Waals surface area contributed by atoms with E-state index in [2.05, 4.69) is 13.8 Å². The van der Waals surface area contributed by atoms with Gasteiger partial charge in [0, 0.05) is 6.04 Å². The summed E-state index contributed by atoms with van der Waals surface area (Å²) in [6.45, 7) is 4.79. The van der Waals surface area contributed by atoms with Crippen LogP contribution in [-0.2, 0) is 0 Å². The fourth-order valence-electron chi connectivity index (χ4n) is 2.78. The molecule has 1 unspecified atom stereocenters. The van der Waals surface area contributed by atoms with Crippen molar-refractivity contribution in [3.63, 3.8) is 0 Å². The van der Waals surface area contributed by atoms with Crippen LogP contribution in [0.4, 0.5) is 0 Å². The molecule has 2 N–H and O–H groups in total. The van der Waals surface area contributed by atoms with E-state index in [-0.39, 0.29) is 0 Å². The van der Waals surface area contributed by atoms with Crippen LogP contribution in [0.25, 0.3) is 0 Å². The molecule has 0 radical (unpaired) electrons. The minimum atomic E-state index is 0.468. The normalized spacial score (nSPS) is 31.6. The summed E-state index contributed by atoms with van der Waals surface area (Å²) < 4.78 is 0. The van der Waals surface area contributed by atoms with Gasteiger partial charge in [-0.1, -0.05) is 26.7 Å². The molecule has 0 aromatic rings. The maximum Gasteiger partial charge on any atom is 0.00981 e. The summed E-state index contributed by atoms with van der Waals surface area (Å²) in [7, 11) is 0. The zero-order valence-electron chi connectivity index (χ0n) is 9.10. The molecule has 2 fully saturated rings. The SMILES string of the molecule is CC1(CC(N)C2(C)CC2)CCCC1. The lowest BCUT2D eigenvalue weighted by Gasteiger charge is -2.30. The molecule has 0 aromatic carbocycles. The summed E-state index contributed by atoms with van der Waals surface area (Å²) >= 11 is 0. The van der Waals surface area contributed by atoms with Crippen LogP contribution in [0.2, 0.25) is 0 Å². The predicted molar refractivity (Wildman–Crippen MR) is 56.5 cm³/mol. The Hall–Kier alpha value is -0.0400. The van der Waals surface area contributed by atoms with E-state index in [1.54, 1.807) is 0 Å². The predicted octanol–water partition coefficient (Wildman–Crippen LogP) is 3.08. The lowest BCUT2D eigenvalue weighted by Crippen LogP contribution is -2.34. The van der Waals surface area contributed by atoms with Crippen LogP contribution < -0.4 is 5.73 Å². The van der Waals surface area contributed by atoms with Gasteiger partial charge in [0.1, 0.15) is 0 Å². The van der Waals surface area contributed by atoms with E-state index in [1.165, 1.54) is 44.9 Å². The van der Waals surface area contributed by atoms with Crippen LogP contribution in [0.3, 0.4) is 0 Å². The Morgan fingerprint density at radius 1 is 1.08 bits per heavy atom. The number of hydrogen-bond acceptors (Lipinski definition) is 1. The van der Waals surface area contributed by atoms with Gasteiger partial charge in [0.2, 0.25) is 0 Å². The third-order valence-corrected chi connectivity index (χ3v) is 4.46. The lowest BCUT2D eigenvalue weighted by molar-refractivity contribution is 0.241. The van der Waals surface area contributed by atoms with Crippen molar-refractivity contribution in [1.29, 1.82) is 0 Å².